The van der Waals surface area contributed by atoms with Gasteiger partial charge in [-0.2, -0.15) is 0 Å². The molecule has 4 aromatic rings. The third-order valence-electron chi connectivity index (χ3n) is 5.50. The lowest BCUT2D eigenvalue weighted by Crippen LogP contribution is -2.19. The molecule has 2 aromatic heterocycles. The van der Waals surface area contributed by atoms with Crippen molar-refractivity contribution >= 4 is 22.4 Å². The van der Waals surface area contributed by atoms with Crippen molar-refractivity contribution in [1.29, 1.82) is 0 Å². The van der Waals surface area contributed by atoms with E-state index in [1.807, 2.05) is 60.3 Å². The van der Waals surface area contributed by atoms with Crippen LogP contribution < -0.4 is 10.1 Å². The summed E-state index contributed by atoms with van der Waals surface area (Å²) in [6.45, 7) is 1.20. The van der Waals surface area contributed by atoms with Crippen molar-refractivity contribution in [2.45, 2.75) is 18.9 Å². The van der Waals surface area contributed by atoms with Crippen LogP contribution in [-0.4, -0.2) is 39.8 Å². The Hall–Kier alpha value is -3.49. The van der Waals surface area contributed by atoms with Crippen LogP contribution in [0, 0.1) is 0 Å². The highest BCUT2D eigenvalue weighted by molar-refractivity contribution is 7.19. The van der Waals surface area contributed by atoms with E-state index < -0.39 is 0 Å². The minimum absolute atomic E-state index is 0.0776. The summed E-state index contributed by atoms with van der Waals surface area (Å²) in [6.07, 6.45) is 5.75. The van der Waals surface area contributed by atoms with E-state index in [1.54, 1.807) is 18.3 Å². The Labute approximate surface area is 196 Å². The molecule has 0 saturated carbocycles. The highest BCUT2D eigenvalue weighted by atomic mass is 32.1. The molecule has 7 nitrogen and oxygen atoms in total. The lowest BCUT2D eigenvalue weighted by molar-refractivity contribution is 0.0673. The van der Waals surface area contributed by atoms with Gasteiger partial charge in [-0.1, -0.05) is 53.8 Å². The fourth-order valence-electron chi connectivity index (χ4n) is 3.80. The van der Waals surface area contributed by atoms with E-state index >= 15 is 0 Å². The largest absolute Gasteiger partial charge is 0.490 e. The van der Waals surface area contributed by atoms with Crippen molar-refractivity contribution in [3.05, 3.63) is 72.6 Å². The van der Waals surface area contributed by atoms with E-state index in [1.165, 1.54) is 11.3 Å². The Kier molecular flexibility index (Phi) is 6.19. The predicted molar refractivity (Wildman–Crippen MR) is 129 cm³/mol. The third-order valence-corrected chi connectivity index (χ3v) is 6.47. The third kappa shape index (κ3) is 4.67. The quantitative estimate of drug-likeness (QED) is 0.419. The maximum atomic E-state index is 13.2. The number of aryl methyl sites for hydroxylation is 1. The Bertz CT molecular complexity index is 1250. The fraction of sp³-hybridized carbons (Fsp3) is 0.240. The molecule has 33 heavy (non-hydrogen) atoms. The van der Waals surface area contributed by atoms with Gasteiger partial charge in [0.1, 0.15) is 12.4 Å². The second-order valence-electron chi connectivity index (χ2n) is 7.82. The fourth-order valence-corrected chi connectivity index (χ4v) is 4.83. The van der Waals surface area contributed by atoms with Crippen molar-refractivity contribution in [3.8, 4) is 27.7 Å². The molecule has 1 amide bonds. The Morgan fingerprint density at radius 3 is 2.79 bits per heavy atom. The first-order chi connectivity index (χ1) is 16.2. The molecule has 1 atom stereocenters. The lowest BCUT2D eigenvalue weighted by atomic mass is 10.1. The molecular formula is C25H24N4O3S. The van der Waals surface area contributed by atoms with Gasteiger partial charge in [-0.15, -0.1) is 0 Å². The molecule has 0 radical (unpaired) electrons. The number of para-hydroxylation sites is 1. The number of carbonyl (C=O) groups is 1. The van der Waals surface area contributed by atoms with Crippen molar-refractivity contribution in [1.82, 2.24) is 14.5 Å². The summed E-state index contributed by atoms with van der Waals surface area (Å²) in [5.74, 6) is 1.07. The van der Waals surface area contributed by atoms with Gasteiger partial charge in [0.25, 0.3) is 5.91 Å². The number of ether oxygens (including phenoxy) is 2. The second kappa shape index (κ2) is 9.56. The first kappa shape index (κ1) is 21.4. The number of aromatic nitrogens is 3. The topological polar surface area (TPSA) is 78.3 Å². The number of amides is 1. The maximum Gasteiger partial charge on any atom is 0.261 e. The summed E-state index contributed by atoms with van der Waals surface area (Å²) >= 11 is 1.40. The minimum atomic E-state index is -0.266. The van der Waals surface area contributed by atoms with Crippen LogP contribution in [0.15, 0.2) is 67.0 Å². The van der Waals surface area contributed by atoms with Gasteiger partial charge in [-0.25, -0.2) is 9.97 Å². The predicted octanol–water partition coefficient (Wildman–Crippen LogP) is 5.02. The summed E-state index contributed by atoms with van der Waals surface area (Å²) in [5, 5.41) is 3.46. The van der Waals surface area contributed by atoms with Crippen molar-refractivity contribution in [3.63, 3.8) is 0 Å². The van der Waals surface area contributed by atoms with Crippen LogP contribution in [0.1, 0.15) is 23.2 Å². The van der Waals surface area contributed by atoms with Crippen molar-refractivity contribution < 1.29 is 14.3 Å². The van der Waals surface area contributed by atoms with Crippen LogP contribution in [0.3, 0.4) is 0 Å². The Morgan fingerprint density at radius 2 is 2.03 bits per heavy atom. The van der Waals surface area contributed by atoms with Gasteiger partial charge in [0.2, 0.25) is 0 Å². The van der Waals surface area contributed by atoms with Gasteiger partial charge in [-0.3, -0.25) is 10.1 Å². The maximum absolute atomic E-state index is 13.2. The molecular weight excluding hydrogens is 436 g/mol. The highest BCUT2D eigenvalue weighted by Gasteiger charge is 2.22. The van der Waals surface area contributed by atoms with Crippen LogP contribution in [0.25, 0.3) is 22.0 Å². The van der Waals surface area contributed by atoms with E-state index in [9.17, 15) is 4.79 Å². The summed E-state index contributed by atoms with van der Waals surface area (Å²) in [7, 11) is 1.94. The standard InChI is InChI=1S/C25H24N4O3S/c1-29-14-13-26-23(29)22-21(17-8-3-2-4-9-17)27-25(33-22)28-24(30)19-11-5-6-12-20(19)32-16-18-10-7-15-31-18/h2-6,8-9,11-14,18H,7,10,15-16H2,1H3,(H,27,28,30). The molecule has 1 saturated heterocycles. The number of hydrogen-bond acceptors (Lipinski definition) is 6. The van der Waals surface area contributed by atoms with E-state index in [-0.39, 0.29) is 12.0 Å². The molecule has 0 spiro atoms. The van der Waals surface area contributed by atoms with E-state index in [4.69, 9.17) is 14.5 Å². The number of nitrogens with one attached hydrogen (secondary N) is 1. The zero-order chi connectivity index (χ0) is 22.6. The molecule has 0 bridgehead atoms. The normalized spacial score (nSPS) is 15.5. The van der Waals surface area contributed by atoms with Crippen molar-refractivity contribution in [2.75, 3.05) is 18.5 Å². The van der Waals surface area contributed by atoms with Gasteiger partial charge in [-0.05, 0) is 25.0 Å². The molecule has 5 rings (SSSR count). The number of benzene rings is 2. The molecule has 0 aliphatic carbocycles. The van der Waals surface area contributed by atoms with E-state index in [2.05, 4.69) is 10.3 Å². The lowest BCUT2D eigenvalue weighted by Gasteiger charge is -2.14. The van der Waals surface area contributed by atoms with Crippen LogP contribution in [0.4, 0.5) is 5.13 Å². The van der Waals surface area contributed by atoms with E-state index in [0.717, 1.165) is 41.4 Å². The smallest absolute Gasteiger partial charge is 0.261 e. The number of rotatable bonds is 7. The molecule has 2 aromatic carbocycles. The number of anilines is 1. The average molecular weight is 461 g/mol. The molecule has 8 heteroatoms. The number of thiazole rings is 1. The zero-order valence-corrected chi connectivity index (χ0v) is 19.0. The Balaban J connectivity index is 1.41. The van der Waals surface area contributed by atoms with Gasteiger partial charge in [0.15, 0.2) is 11.0 Å². The van der Waals surface area contributed by atoms with Crippen molar-refractivity contribution in [2.24, 2.45) is 7.05 Å². The first-order valence-electron chi connectivity index (χ1n) is 10.9. The molecule has 1 fully saturated rings. The SMILES string of the molecule is Cn1ccnc1-c1sc(NC(=O)c2ccccc2OCC2CCCO2)nc1-c1ccccc1. The monoisotopic (exact) mass is 460 g/mol. The number of nitrogens with zero attached hydrogens (tertiary/aromatic N) is 3. The van der Waals surface area contributed by atoms with Crippen LogP contribution in [0.2, 0.25) is 0 Å². The summed E-state index contributed by atoms with van der Waals surface area (Å²) in [6, 6.07) is 17.1. The molecule has 1 unspecified atom stereocenters. The second-order valence-corrected chi connectivity index (χ2v) is 8.82. The van der Waals surface area contributed by atoms with Crippen LogP contribution >= 0.6 is 11.3 Å². The number of imidazole rings is 1. The van der Waals surface area contributed by atoms with E-state index in [0.29, 0.717) is 23.1 Å². The van der Waals surface area contributed by atoms with Gasteiger partial charge < -0.3 is 14.0 Å². The zero-order valence-electron chi connectivity index (χ0n) is 18.2. The Morgan fingerprint density at radius 1 is 1.21 bits per heavy atom. The summed E-state index contributed by atoms with van der Waals surface area (Å²) < 4.78 is 13.5. The van der Waals surface area contributed by atoms with Crippen LogP contribution in [-0.2, 0) is 11.8 Å². The average Bonchev–Trinajstić information content (AvgIpc) is 3.60. The number of hydrogen-bond donors (Lipinski definition) is 1. The van der Waals surface area contributed by atoms with Gasteiger partial charge in [0, 0.05) is 31.6 Å². The summed E-state index contributed by atoms with van der Waals surface area (Å²) in [4.78, 5) is 23.3. The molecule has 1 N–H and O–H groups in total. The van der Waals surface area contributed by atoms with Gasteiger partial charge in [0.05, 0.1) is 22.2 Å². The molecule has 168 valence electrons. The minimum Gasteiger partial charge on any atom is -0.490 e. The van der Waals surface area contributed by atoms with Gasteiger partial charge >= 0.3 is 0 Å². The molecule has 3 heterocycles. The molecule has 1 aliphatic rings. The highest BCUT2D eigenvalue weighted by Crippen LogP contribution is 2.38. The summed E-state index contributed by atoms with van der Waals surface area (Å²) in [5.41, 5.74) is 2.21. The first-order valence-corrected chi connectivity index (χ1v) is 11.7. The number of carbonyl (C=O) groups excluding carboxylic acids is 1. The molecule has 1 aliphatic heterocycles. The van der Waals surface area contributed by atoms with Crippen LogP contribution in [0.5, 0.6) is 5.75 Å².